The number of benzene rings is 2. The van der Waals surface area contributed by atoms with Gasteiger partial charge in [-0.25, -0.2) is 4.79 Å². The Bertz CT molecular complexity index is 969. The quantitative estimate of drug-likeness (QED) is 0.588. The van der Waals surface area contributed by atoms with Gasteiger partial charge in [-0.05, 0) is 54.4 Å². The smallest absolute Gasteiger partial charge is 0.326 e. The predicted octanol–water partition coefficient (Wildman–Crippen LogP) is 3.87. The molecule has 0 saturated heterocycles. The standard InChI is InChI=1S/C26H30N2O4/c29-24(27-16-17-8-3-1-4-9-17)20-13-7-12-19(14-20)21-15-22(21)25(30)28-23(26(31)32)18-10-5-2-6-11-18/h1,3-4,7-9,12-14,18,21-23H,2,5-6,10-11,15-16H2,(H,27,29)(H,28,30)(H,31,32)/t21-,22?,23-/m0/s1. The number of carbonyl (C=O) groups excluding carboxylic acids is 2. The van der Waals surface area contributed by atoms with Crippen molar-refractivity contribution in [1.82, 2.24) is 10.6 Å². The van der Waals surface area contributed by atoms with E-state index in [4.69, 9.17) is 0 Å². The van der Waals surface area contributed by atoms with Gasteiger partial charge in [0.05, 0.1) is 0 Å². The number of carbonyl (C=O) groups is 3. The maximum absolute atomic E-state index is 12.8. The van der Waals surface area contributed by atoms with Crippen molar-refractivity contribution in [2.45, 2.75) is 57.0 Å². The van der Waals surface area contributed by atoms with Crippen LogP contribution >= 0.6 is 0 Å². The Kier molecular flexibility index (Phi) is 6.88. The highest BCUT2D eigenvalue weighted by atomic mass is 16.4. The third-order valence-electron chi connectivity index (χ3n) is 6.69. The lowest BCUT2D eigenvalue weighted by Crippen LogP contribution is -2.47. The van der Waals surface area contributed by atoms with Crippen LogP contribution in [-0.4, -0.2) is 28.9 Å². The molecule has 32 heavy (non-hydrogen) atoms. The average molecular weight is 435 g/mol. The Morgan fingerprint density at radius 2 is 1.72 bits per heavy atom. The van der Waals surface area contributed by atoms with E-state index in [1.807, 2.05) is 48.5 Å². The normalized spacial score (nSPS) is 21.4. The first-order valence-corrected chi connectivity index (χ1v) is 11.5. The van der Waals surface area contributed by atoms with Crippen LogP contribution in [0.3, 0.4) is 0 Å². The van der Waals surface area contributed by atoms with Gasteiger partial charge < -0.3 is 15.7 Å². The fraction of sp³-hybridized carbons (Fsp3) is 0.423. The molecule has 0 spiro atoms. The van der Waals surface area contributed by atoms with E-state index in [1.54, 1.807) is 6.07 Å². The van der Waals surface area contributed by atoms with Crippen molar-refractivity contribution in [1.29, 1.82) is 0 Å². The van der Waals surface area contributed by atoms with Gasteiger partial charge in [0.2, 0.25) is 5.91 Å². The van der Waals surface area contributed by atoms with E-state index in [2.05, 4.69) is 10.6 Å². The highest BCUT2D eigenvalue weighted by Crippen LogP contribution is 2.48. The Morgan fingerprint density at radius 1 is 0.969 bits per heavy atom. The molecule has 0 aromatic heterocycles. The van der Waals surface area contributed by atoms with Gasteiger partial charge in [0.25, 0.3) is 5.91 Å². The van der Waals surface area contributed by atoms with Gasteiger partial charge in [-0.15, -0.1) is 0 Å². The second-order valence-electron chi connectivity index (χ2n) is 8.97. The van der Waals surface area contributed by atoms with E-state index in [-0.39, 0.29) is 29.6 Å². The summed E-state index contributed by atoms with van der Waals surface area (Å²) in [6, 6.07) is 16.3. The lowest BCUT2D eigenvalue weighted by Gasteiger charge is -2.28. The summed E-state index contributed by atoms with van der Waals surface area (Å²) < 4.78 is 0. The van der Waals surface area contributed by atoms with E-state index in [1.165, 1.54) is 0 Å². The van der Waals surface area contributed by atoms with Crippen molar-refractivity contribution in [3.63, 3.8) is 0 Å². The summed E-state index contributed by atoms with van der Waals surface area (Å²) in [5.74, 6) is -1.48. The molecule has 2 aliphatic carbocycles. The topological polar surface area (TPSA) is 95.5 Å². The van der Waals surface area contributed by atoms with Gasteiger partial charge >= 0.3 is 5.97 Å². The van der Waals surface area contributed by atoms with Gasteiger partial charge in [-0.1, -0.05) is 61.7 Å². The molecule has 6 nitrogen and oxygen atoms in total. The fourth-order valence-corrected chi connectivity index (χ4v) is 4.75. The predicted molar refractivity (Wildman–Crippen MR) is 121 cm³/mol. The van der Waals surface area contributed by atoms with Crippen LogP contribution in [0.25, 0.3) is 0 Å². The third kappa shape index (κ3) is 5.36. The number of amides is 2. The summed E-state index contributed by atoms with van der Waals surface area (Å²) in [5, 5.41) is 15.4. The Labute approximate surface area is 188 Å². The molecule has 2 aromatic rings. The van der Waals surface area contributed by atoms with Crippen LogP contribution in [0.5, 0.6) is 0 Å². The number of hydrogen-bond donors (Lipinski definition) is 3. The monoisotopic (exact) mass is 434 g/mol. The summed E-state index contributed by atoms with van der Waals surface area (Å²) in [6.07, 6.45) is 5.57. The van der Waals surface area contributed by atoms with Crippen LogP contribution in [0.4, 0.5) is 0 Å². The van der Waals surface area contributed by atoms with E-state index >= 15 is 0 Å². The number of carboxylic acids is 1. The largest absolute Gasteiger partial charge is 0.480 e. The highest BCUT2D eigenvalue weighted by molar-refractivity contribution is 5.94. The minimum absolute atomic E-state index is 0.0130. The molecular weight excluding hydrogens is 404 g/mol. The molecule has 3 N–H and O–H groups in total. The van der Waals surface area contributed by atoms with Gasteiger partial charge in [0, 0.05) is 18.0 Å². The number of aliphatic carboxylic acids is 1. The van der Waals surface area contributed by atoms with Crippen LogP contribution in [0, 0.1) is 11.8 Å². The minimum atomic E-state index is -0.945. The number of hydrogen-bond acceptors (Lipinski definition) is 3. The summed E-state index contributed by atoms with van der Waals surface area (Å²) in [6.45, 7) is 0.454. The van der Waals surface area contributed by atoms with Gasteiger partial charge in [0.1, 0.15) is 6.04 Å². The van der Waals surface area contributed by atoms with E-state index in [0.717, 1.165) is 43.2 Å². The molecule has 3 atom stereocenters. The summed E-state index contributed by atoms with van der Waals surface area (Å²) >= 11 is 0. The zero-order valence-electron chi connectivity index (χ0n) is 18.1. The molecule has 2 fully saturated rings. The second-order valence-corrected chi connectivity index (χ2v) is 8.97. The van der Waals surface area contributed by atoms with Crippen LogP contribution in [0.2, 0.25) is 0 Å². The minimum Gasteiger partial charge on any atom is -0.480 e. The van der Waals surface area contributed by atoms with E-state index in [9.17, 15) is 19.5 Å². The molecule has 6 heteroatoms. The van der Waals surface area contributed by atoms with Gasteiger partial charge in [-0.2, -0.15) is 0 Å². The first-order chi connectivity index (χ1) is 15.5. The van der Waals surface area contributed by atoms with Crippen LogP contribution in [0.1, 0.15) is 65.9 Å². The molecule has 4 rings (SSSR count). The number of nitrogens with one attached hydrogen (secondary N) is 2. The van der Waals surface area contributed by atoms with Crippen molar-refractivity contribution >= 4 is 17.8 Å². The van der Waals surface area contributed by atoms with E-state index < -0.39 is 12.0 Å². The summed E-state index contributed by atoms with van der Waals surface area (Å²) in [7, 11) is 0. The van der Waals surface area contributed by atoms with Crippen molar-refractivity contribution in [2.75, 3.05) is 0 Å². The molecular formula is C26H30N2O4. The molecule has 0 heterocycles. The third-order valence-corrected chi connectivity index (χ3v) is 6.69. The maximum Gasteiger partial charge on any atom is 0.326 e. The molecule has 0 radical (unpaired) electrons. The zero-order valence-corrected chi connectivity index (χ0v) is 18.1. The molecule has 0 aliphatic heterocycles. The molecule has 1 unspecified atom stereocenters. The lowest BCUT2D eigenvalue weighted by molar-refractivity contribution is -0.144. The number of carboxylic acid groups (broad SMARTS) is 1. The molecule has 2 aromatic carbocycles. The first kappa shape index (κ1) is 22.1. The SMILES string of the molecule is O=C(NCc1ccccc1)c1cccc([C@@H]2CC2C(=O)N[C@H](C(=O)O)C2CCCCC2)c1. The average Bonchev–Trinajstić information content (AvgIpc) is 3.63. The van der Waals surface area contributed by atoms with Crippen molar-refractivity contribution in [2.24, 2.45) is 11.8 Å². The zero-order chi connectivity index (χ0) is 22.5. The molecule has 2 saturated carbocycles. The fourth-order valence-electron chi connectivity index (χ4n) is 4.75. The molecule has 2 aliphatic rings. The molecule has 0 bridgehead atoms. The number of rotatable bonds is 8. The van der Waals surface area contributed by atoms with Crippen molar-refractivity contribution in [3.8, 4) is 0 Å². The second kappa shape index (κ2) is 9.98. The Hall–Kier alpha value is -3.15. The van der Waals surface area contributed by atoms with Crippen molar-refractivity contribution < 1.29 is 19.5 Å². The van der Waals surface area contributed by atoms with Crippen LogP contribution < -0.4 is 10.6 Å². The first-order valence-electron chi connectivity index (χ1n) is 11.5. The highest BCUT2D eigenvalue weighted by Gasteiger charge is 2.45. The molecule has 2 amide bonds. The summed E-state index contributed by atoms with van der Waals surface area (Å²) in [5.41, 5.74) is 2.54. The maximum atomic E-state index is 12.8. The van der Waals surface area contributed by atoms with Gasteiger partial charge in [0.15, 0.2) is 0 Å². The van der Waals surface area contributed by atoms with Crippen LogP contribution in [-0.2, 0) is 16.1 Å². The van der Waals surface area contributed by atoms with Crippen LogP contribution in [0.15, 0.2) is 54.6 Å². The van der Waals surface area contributed by atoms with E-state index in [0.29, 0.717) is 18.5 Å². The Balaban J connectivity index is 1.34. The van der Waals surface area contributed by atoms with Crippen molar-refractivity contribution in [3.05, 3.63) is 71.3 Å². The Morgan fingerprint density at radius 3 is 2.44 bits per heavy atom. The van der Waals surface area contributed by atoms with Gasteiger partial charge in [-0.3, -0.25) is 9.59 Å². The lowest BCUT2D eigenvalue weighted by atomic mass is 9.84. The molecule has 168 valence electrons. The summed E-state index contributed by atoms with van der Waals surface area (Å²) in [4.78, 5) is 37.1.